The molecule has 0 atom stereocenters. The zero-order valence-corrected chi connectivity index (χ0v) is 22.2. The number of piperazine rings is 1. The van der Waals surface area contributed by atoms with E-state index in [1.807, 2.05) is 54.3 Å². The fourth-order valence-electron chi connectivity index (χ4n) is 5.11. The predicted molar refractivity (Wildman–Crippen MR) is 150 cm³/mol. The Labute approximate surface area is 219 Å². The zero-order chi connectivity index (χ0) is 25.9. The summed E-state index contributed by atoms with van der Waals surface area (Å²) in [5, 5.41) is 0. The van der Waals surface area contributed by atoms with E-state index in [0.29, 0.717) is 13.1 Å². The van der Waals surface area contributed by atoms with Crippen molar-refractivity contribution < 1.29 is 4.79 Å². The second-order valence-electron chi connectivity index (χ2n) is 9.99. The van der Waals surface area contributed by atoms with Crippen LogP contribution in [0.15, 0.2) is 72.8 Å². The number of hydrogen-bond donors (Lipinski definition) is 0. The Hall–Kier alpha value is -3.99. The average Bonchev–Trinajstić information content (AvgIpc) is 2.92. The predicted octanol–water partition coefficient (Wildman–Crippen LogP) is 5.93. The molecular weight excluding hydrogens is 456 g/mol. The van der Waals surface area contributed by atoms with Gasteiger partial charge in [0.1, 0.15) is 11.6 Å². The number of aryl methyl sites for hydroxylation is 4. The van der Waals surface area contributed by atoms with Crippen molar-refractivity contribution in [3.8, 4) is 11.1 Å². The van der Waals surface area contributed by atoms with Crippen LogP contribution in [-0.4, -0.2) is 47.0 Å². The van der Waals surface area contributed by atoms with E-state index in [-0.39, 0.29) is 5.91 Å². The van der Waals surface area contributed by atoms with Gasteiger partial charge in [-0.25, -0.2) is 9.97 Å². The first-order valence-electron chi connectivity index (χ1n) is 13.0. The molecule has 5 heteroatoms. The normalized spacial score (nSPS) is 13.6. The maximum absolute atomic E-state index is 13.3. The number of benzene rings is 3. The van der Waals surface area contributed by atoms with Gasteiger partial charge >= 0.3 is 0 Å². The molecule has 0 radical (unpaired) electrons. The van der Waals surface area contributed by atoms with E-state index < -0.39 is 0 Å². The summed E-state index contributed by atoms with van der Waals surface area (Å²) in [6.45, 7) is 11.2. The van der Waals surface area contributed by atoms with Crippen LogP contribution in [0.25, 0.3) is 11.1 Å². The van der Waals surface area contributed by atoms with Crippen LogP contribution in [0.2, 0.25) is 0 Å². The number of carbonyl (C=O) groups excluding carboxylic acids is 1. The van der Waals surface area contributed by atoms with Gasteiger partial charge in [-0.1, -0.05) is 66.2 Å². The number of nitrogens with zero attached hydrogens (tertiary/aromatic N) is 4. The second-order valence-corrected chi connectivity index (χ2v) is 9.99. The smallest absolute Gasteiger partial charge is 0.253 e. The van der Waals surface area contributed by atoms with Gasteiger partial charge in [0.15, 0.2) is 0 Å². The number of rotatable bonds is 5. The minimum absolute atomic E-state index is 0.0879. The van der Waals surface area contributed by atoms with Crippen LogP contribution in [-0.2, 0) is 6.42 Å². The monoisotopic (exact) mass is 490 g/mol. The van der Waals surface area contributed by atoms with Gasteiger partial charge in [-0.05, 0) is 62.1 Å². The van der Waals surface area contributed by atoms with E-state index in [2.05, 4.69) is 61.0 Å². The highest BCUT2D eigenvalue weighted by molar-refractivity contribution is 5.95. The summed E-state index contributed by atoms with van der Waals surface area (Å²) >= 11 is 0. The molecule has 4 aromatic rings. The first-order chi connectivity index (χ1) is 17.9. The molecule has 3 aromatic carbocycles. The van der Waals surface area contributed by atoms with Crippen LogP contribution in [0.5, 0.6) is 0 Å². The number of hydrogen-bond acceptors (Lipinski definition) is 4. The van der Waals surface area contributed by atoms with Crippen LogP contribution in [0.4, 0.5) is 5.82 Å². The maximum atomic E-state index is 13.3. The van der Waals surface area contributed by atoms with Crippen LogP contribution < -0.4 is 4.90 Å². The molecule has 0 N–H and O–H groups in total. The SMILES string of the molecule is Cc1ccc(C)c(Cc2c(C)nc(C)nc2N2CCN(C(=O)c3ccc(-c4ccccc4)cc3)CC2)c1. The Bertz CT molecular complexity index is 1410. The summed E-state index contributed by atoms with van der Waals surface area (Å²) in [5.41, 5.74) is 9.06. The summed E-state index contributed by atoms with van der Waals surface area (Å²) in [6, 6.07) is 24.8. The fraction of sp³-hybridized carbons (Fsp3) is 0.281. The van der Waals surface area contributed by atoms with E-state index >= 15 is 0 Å². The third-order valence-corrected chi connectivity index (χ3v) is 7.28. The Kier molecular flexibility index (Phi) is 7.04. The van der Waals surface area contributed by atoms with Crippen molar-refractivity contribution in [3.05, 3.63) is 112 Å². The summed E-state index contributed by atoms with van der Waals surface area (Å²) in [7, 11) is 0. The third kappa shape index (κ3) is 5.41. The van der Waals surface area contributed by atoms with Gasteiger partial charge in [0.2, 0.25) is 0 Å². The molecule has 188 valence electrons. The quantitative estimate of drug-likeness (QED) is 0.348. The number of amides is 1. The summed E-state index contributed by atoms with van der Waals surface area (Å²) in [6.07, 6.45) is 0.807. The first-order valence-corrected chi connectivity index (χ1v) is 13.0. The van der Waals surface area contributed by atoms with E-state index in [1.165, 1.54) is 22.3 Å². The van der Waals surface area contributed by atoms with Crippen LogP contribution in [0, 0.1) is 27.7 Å². The van der Waals surface area contributed by atoms with Crippen LogP contribution >= 0.6 is 0 Å². The molecule has 2 heterocycles. The van der Waals surface area contributed by atoms with Gasteiger partial charge in [-0.3, -0.25) is 4.79 Å². The summed E-state index contributed by atoms with van der Waals surface area (Å²) < 4.78 is 0. The van der Waals surface area contributed by atoms with E-state index in [0.717, 1.165) is 53.5 Å². The van der Waals surface area contributed by atoms with Crippen molar-refractivity contribution >= 4 is 11.7 Å². The molecule has 1 aliphatic rings. The topological polar surface area (TPSA) is 49.3 Å². The highest BCUT2D eigenvalue weighted by atomic mass is 16.2. The molecule has 0 aliphatic carbocycles. The molecule has 1 fully saturated rings. The lowest BCUT2D eigenvalue weighted by Crippen LogP contribution is -2.49. The largest absolute Gasteiger partial charge is 0.353 e. The Morgan fingerprint density at radius 1 is 0.784 bits per heavy atom. The van der Waals surface area contributed by atoms with Gasteiger partial charge < -0.3 is 9.80 Å². The van der Waals surface area contributed by atoms with Crippen LogP contribution in [0.3, 0.4) is 0 Å². The molecule has 5 rings (SSSR count). The molecule has 0 saturated carbocycles. The van der Waals surface area contributed by atoms with Crippen molar-refractivity contribution in [1.82, 2.24) is 14.9 Å². The van der Waals surface area contributed by atoms with E-state index in [9.17, 15) is 4.79 Å². The molecule has 1 aromatic heterocycles. The molecule has 1 amide bonds. The van der Waals surface area contributed by atoms with Crippen molar-refractivity contribution in [2.45, 2.75) is 34.1 Å². The molecule has 5 nitrogen and oxygen atoms in total. The Balaban J connectivity index is 1.31. The van der Waals surface area contributed by atoms with Crippen molar-refractivity contribution in [1.29, 1.82) is 0 Å². The Morgan fingerprint density at radius 3 is 2.16 bits per heavy atom. The first kappa shape index (κ1) is 24.7. The molecule has 1 aliphatic heterocycles. The van der Waals surface area contributed by atoms with Gasteiger partial charge in [0.05, 0.1) is 0 Å². The third-order valence-electron chi connectivity index (χ3n) is 7.28. The number of carbonyl (C=O) groups is 1. The highest BCUT2D eigenvalue weighted by Crippen LogP contribution is 2.27. The van der Waals surface area contributed by atoms with Gasteiger partial charge in [-0.2, -0.15) is 0 Å². The number of anilines is 1. The van der Waals surface area contributed by atoms with Crippen molar-refractivity contribution in [2.24, 2.45) is 0 Å². The van der Waals surface area contributed by atoms with E-state index in [4.69, 9.17) is 4.98 Å². The van der Waals surface area contributed by atoms with Crippen LogP contribution in [0.1, 0.15) is 44.1 Å². The molecule has 0 spiro atoms. The molecule has 0 unspecified atom stereocenters. The Morgan fingerprint density at radius 2 is 1.46 bits per heavy atom. The minimum Gasteiger partial charge on any atom is -0.353 e. The lowest BCUT2D eigenvalue weighted by atomic mass is 9.97. The van der Waals surface area contributed by atoms with Gasteiger partial charge in [0, 0.05) is 49.4 Å². The maximum Gasteiger partial charge on any atom is 0.253 e. The fourth-order valence-corrected chi connectivity index (χ4v) is 5.11. The zero-order valence-electron chi connectivity index (χ0n) is 22.2. The van der Waals surface area contributed by atoms with Gasteiger partial charge in [0.25, 0.3) is 5.91 Å². The molecule has 37 heavy (non-hydrogen) atoms. The summed E-state index contributed by atoms with van der Waals surface area (Å²) in [4.78, 5) is 27.1. The number of aromatic nitrogens is 2. The second kappa shape index (κ2) is 10.6. The molecule has 1 saturated heterocycles. The minimum atomic E-state index is 0.0879. The molecular formula is C32H34N4O. The van der Waals surface area contributed by atoms with Gasteiger partial charge in [-0.15, -0.1) is 0 Å². The van der Waals surface area contributed by atoms with E-state index in [1.54, 1.807) is 0 Å². The molecule has 0 bridgehead atoms. The lowest BCUT2D eigenvalue weighted by Gasteiger charge is -2.36. The van der Waals surface area contributed by atoms with Crippen molar-refractivity contribution in [3.63, 3.8) is 0 Å². The standard InChI is InChI=1S/C32H34N4O/c1-22-10-11-23(2)29(20-22)21-30-24(3)33-25(4)34-31(30)35-16-18-36(19-17-35)32(37)28-14-12-27(13-15-28)26-8-6-5-7-9-26/h5-15,20H,16-19,21H2,1-4H3. The highest BCUT2D eigenvalue weighted by Gasteiger charge is 2.25. The summed E-state index contributed by atoms with van der Waals surface area (Å²) in [5.74, 6) is 1.88. The lowest BCUT2D eigenvalue weighted by molar-refractivity contribution is 0.0746. The van der Waals surface area contributed by atoms with Crippen molar-refractivity contribution in [2.75, 3.05) is 31.1 Å². The average molecular weight is 491 g/mol.